The maximum atomic E-state index is 11.6. The fourth-order valence-electron chi connectivity index (χ4n) is 2.04. The highest BCUT2D eigenvalue weighted by atomic mass is 31.2. The van der Waals surface area contributed by atoms with Crippen molar-refractivity contribution in [1.29, 1.82) is 0 Å². The molecule has 0 aromatic rings. The van der Waals surface area contributed by atoms with E-state index in [1.54, 1.807) is 6.92 Å². The van der Waals surface area contributed by atoms with Gasteiger partial charge in [-0.3, -0.25) is 4.57 Å². The Morgan fingerprint density at radius 1 is 1.12 bits per heavy atom. The Morgan fingerprint density at radius 3 is 1.75 bits per heavy atom. The highest BCUT2D eigenvalue weighted by molar-refractivity contribution is 7.53. The van der Waals surface area contributed by atoms with E-state index in [0.717, 1.165) is 6.42 Å². The molecule has 2 unspecified atom stereocenters. The van der Waals surface area contributed by atoms with Gasteiger partial charge in [-0.2, -0.15) is 0 Å². The quantitative estimate of drug-likeness (QED) is 0.705. The molecule has 0 heterocycles. The van der Waals surface area contributed by atoms with Crippen molar-refractivity contribution in [2.75, 3.05) is 0 Å². The zero-order chi connectivity index (χ0) is 13.2. The minimum absolute atomic E-state index is 0.00806. The normalized spacial score (nSPS) is 20.6. The van der Waals surface area contributed by atoms with E-state index in [1.807, 2.05) is 6.92 Å². The molecule has 2 N–H and O–H groups in total. The molecule has 4 heteroatoms. The molecular weight excluding hydrogens is 223 g/mol. The second-order valence-electron chi connectivity index (χ2n) is 5.73. The molecule has 0 aromatic heterocycles. The third kappa shape index (κ3) is 3.32. The predicted molar refractivity (Wildman–Crippen MR) is 68.6 cm³/mol. The molecule has 0 aliphatic rings. The summed E-state index contributed by atoms with van der Waals surface area (Å²) in [5.41, 5.74) is -0.00806. The van der Waals surface area contributed by atoms with Crippen LogP contribution in [0, 0.1) is 11.3 Å². The second kappa shape index (κ2) is 5.20. The van der Waals surface area contributed by atoms with E-state index in [-0.39, 0.29) is 5.41 Å². The SMILES string of the molecule is CCC(C)(CC(C)(CC)P(=O)(O)O)C(C)C. The zero-order valence-electron chi connectivity index (χ0n) is 11.4. The third-order valence-electron chi connectivity index (χ3n) is 4.45. The van der Waals surface area contributed by atoms with Gasteiger partial charge in [-0.1, -0.05) is 41.0 Å². The molecule has 0 aliphatic heterocycles. The summed E-state index contributed by atoms with van der Waals surface area (Å²) in [6, 6.07) is 0. The smallest absolute Gasteiger partial charge is 0.324 e. The van der Waals surface area contributed by atoms with Crippen LogP contribution in [0.4, 0.5) is 0 Å². The molecular formula is C12H27O3P. The molecule has 98 valence electrons. The van der Waals surface area contributed by atoms with Crippen molar-refractivity contribution < 1.29 is 14.4 Å². The first kappa shape index (κ1) is 16.1. The summed E-state index contributed by atoms with van der Waals surface area (Å²) in [5, 5.41) is -0.887. The summed E-state index contributed by atoms with van der Waals surface area (Å²) in [4.78, 5) is 19.0. The van der Waals surface area contributed by atoms with E-state index < -0.39 is 12.8 Å². The van der Waals surface area contributed by atoms with Gasteiger partial charge in [0.2, 0.25) is 0 Å². The molecule has 16 heavy (non-hydrogen) atoms. The van der Waals surface area contributed by atoms with Crippen molar-refractivity contribution >= 4 is 7.60 Å². The number of hydrogen-bond acceptors (Lipinski definition) is 1. The number of hydrogen-bond donors (Lipinski definition) is 2. The summed E-state index contributed by atoms with van der Waals surface area (Å²) in [6.45, 7) is 12.0. The molecule has 0 fully saturated rings. The first-order valence-electron chi connectivity index (χ1n) is 6.08. The van der Waals surface area contributed by atoms with Crippen LogP contribution in [-0.4, -0.2) is 14.9 Å². The lowest BCUT2D eigenvalue weighted by Gasteiger charge is -2.41. The summed E-state index contributed by atoms with van der Waals surface area (Å²) < 4.78 is 11.6. The van der Waals surface area contributed by atoms with Gasteiger partial charge in [-0.05, 0) is 31.1 Å². The van der Waals surface area contributed by atoms with Gasteiger partial charge in [-0.15, -0.1) is 0 Å². The van der Waals surface area contributed by atoms with E-state index >= 15 is 0 Å². The first-order valence-corrected chi connectivity index (χ1v) is 7.69. The molecule has 0 amide bonds. The van der Waals surface area contributed by atoms with Gasteiger partial charge in [-0.25, -0.2) is 0 Å². The third-order valence-corrected chi connectivity index (χ3v) is 6.33. The van der Waals surface area contributed by atoms with Crippen molar-refractivity contribution in [2.45, 2.75) is 66.0 Å². The first-order chi connectivity index (χ1) is 7.02. The summed E-state index contributed by atoms with van der Waals surface area (Å²) in [7, 11) is -4.04. The van der Waals surface area contributed by atoms with Gasteiger partial charge in [0.25, 0.3) is 0 Å². The molecule has 3 nitrogen and oxygen atoms in total. The Kier molecular flexibility index (Phi) is 5.25. The summed E-state index contributed by atoms with van der Waals surface area (Å²) in [5.74, 6) is 0.426. The Morgan fingerprint density at radius 2 is 1.56 bits per heavy atom. The minimum Gasteiger partial charge on any atom is -0.324 e. The highest BCUT2D eigenvalue weighted by Gasteiger charge is 2.46. The van der Waals surface area contributed by atoms with Crippen LogP contribution in [0.5, 0.6) is 0 Å². The standard InChI is InChI=1S/C12H27O3P/c1-7-11(5,10(3)4)9-12(6,8-2)16(13,14)15/h10H,7-9H2,1-6H3,(H2,13,14,15). The number of rotatable bonds is 6. The fraction of sp³-hybridized carbons (Fsp3) is 1.00. The van der Waals surface area contributed by atoms with E-state index in [4.69, 9.17) is 0 Å². The zero-order valence-corrected chi connectivity index (χ0v) is 12.3. The molecule has 0 saturated heterocycles. The molecule has 0 radical (unpaired) electrons. The highest BCUT2D eigenvalue weighted by Crippen LogP contribution is 2.58. The van der Waals surface area contributed by atoms with Crippen LogP contribution in [0.15, 0.2) is 0 Å². The van der Waals surface area contributed by atoms with Gasteiger partial charge in [0, 0.05) is 0 Å². The van der Waals surface area contributed by atoms with Crippen molar-refractivity contribution in [1.82, 2.24) is 0 Å². The molecule has 2 atom stereocenters. The van der Waals surface area contributed by atoms with Crippen LogP contribution in [0.3, 0.4) is 0 Å². The van der Waals surface area contributed by atoms with Crippen LogP contribution in [0.1, 0.15) is 60.8 Å². The van der Waals surface area contributed by atoms with Crippen LogP contribution in [0.2, 0.25) is 0 Å². The van der Waals surface area contributed by atoms with Crippen LogP contribution >= 0.6 is 7.60 Å². The van der Waals surface area contributed by atoms with Crippen molar-refractivity contribution in [3.8, 4) is 0 Å². The van der Waals surface area contributed by atoms with Crippen LogP contribution in [0.25, 0.3) is 0 Å². The Balaban J connectivity index is 5.12. The van der Waals surface area contributed by atoms with E-state index in [0.29, 0.717) is 18.8 Å². The van der Waals surface area contributed by atoms with Crippen molar-refractivity contribution in [3.05, 3.63) is 0 Å². The summed E-state index contributed by atoms with van der Waals surface area (Å²) >= 11 is 0. The molecule has 0 rings (SSSR count). The molecule has 0 aromatic carbocycles. The van der Waals surface area contributed by atoms with Crippen molar-refractivity contribution in [2.24, 2.45) is 11.3 Å². The Labute approximate surface area is 99.8 Å². The maximum Gasteiger partial charge on any atom is 0.331 e. The largest absolute Gasteiger partial charge is 0.331 e. The van der Waals surface area contributed by atoms with Gasteiger partial charge in [0.15, 0.2) is 0 Å². The van der Waals surface area contributed by atoms with E-state index in [1.165, 1.54) is 0 Å². The lowest BCUT2D eigenvalue weighted by atomic mass is 9.70. The molecule has 0 spiro atoms. The monoisotopic (exact) mass is 250 g/mol. The Bertz CT molecular complexity index is 271. The van der Waals surface area contributed by atoms with Gasteiger partial charge in [0.1, 0.15) is 0 Å². The van der Waals surface area contributed by atoms with E-state index in [9.17, 15) is 14.4 Å². The molecule has 0 bridgehead atoms. The van der Waals surface area contributed by atoms with Crippen LogP contribution < -0.4 is 0 Å². The lowest BCUT2D eigenvalue weighted by molar-refractivity contribution is 0.154. The van der Waals surface area contributed by atoms with Crippen molar-refractivity contribution in [3.63, 3.8) is 0 Å². The van der Waals surface area contributed by atoms with Gasteiger partial charge < -0.3 is 9.79 Å². The predicted octanol–water partition coefficient (Wildman–Crippen LogP) is 3.80. The van der Waals surface area contributed by atoms with Gasteiger partial charge >= 0.3 is 7.60 Å². The average Bonchev–Trinajstić information content (AvgIpc) is 2.15. The molecule has 0 saturated carbocycles. The summed E-state index contributed by atoms with van der Waals surface area (Å²) in [6.07, 6.45) is 2.04. The lowest BCUT2D eigenvalue weighted by Crippen LogP contribution is -2.35. The molecule has 0 aliphatic carbocycles. The van der Waals surface area contributed by atoms with E-state index in [2.05, 4.69) is 27.7 Å². The maximum absolute atomic E-state index is 11.6. The topological polar surface area (TPSA) is 57.5 Å². The second-order valence-corrected chi connectivity index (χ2v) is 7.90. The Hall–Kier alpha value is 0.150. The van der Waals surface area contributed by atoms with Gasteiger partial charge in [0.05, 0.1) is 5.16 Å². The minimum atomic E-state index is -4.04. The fourth-order valence-corrected chi connectivity index (χ4v) is 3.02. The average molecular weight is 250 g/mol. The van der Waals surface area contributed by atoms with Crippen LogP contribution in [-0.2, 0) is 4.57 Å².